The van der Waals surface area contributed by atoms with Crippen LogP contribution >= 0.6 is 0 Å². The molecule has 1 amide bonds. The minimum atomic E-state index is -0.871. The molecule has 0 spiro atoms. The third-order valence-corrected chi connectivity index (χ3v) is 13.9. The van der Waals surface area contributed by atoms with E-state index in [1.54, 1.807) is 6.08 Å². The SMILES string of the molecule is CC/C=C\C/C=C\C/C=C\C/C=C\C/C=C\C/C=C\C/C=C\C/C=C\CCCCCCCCCCCCCCC(=O)NC(CO)C(O)/C=C/CC/C=C/CCCCCCCCCCCCCCCCCCCCC. The summed E-state index contributed by atoms with van der Waals surface area (Å²) in [6.07, 6.45) is 98.1. The highest BCUT2D eigenvalue weighted by Crippen LogP contribution is 2.16. The van der Waals surface area contributed by atoms with Crippen molar-refractivity contribution < 1.29 is 15.0 Å². The molecule has 0 rings (SSSR count). The van der Waals surface area contributed by atoms with E-state index >= 15 is 0 Å². The van der Waals surface area contributed by atoms with Crippen LogP contribution in [0.5, 0.6) is 0 Å². The average molecular weight is 1020 g/mol. The van der Waals surface area contributed by atoms with E-state index < -0.39 is 12.1 Å². The zero-order valence-electron chi connectivity index (χ0n) is 48.8. The summed E-state index contributed by atoms with van der Waals surface area (Å²) in [5.74, 6) is -0.0779. The van der Waals surface area contributed by atoms with E-state index in [1.807, 2.05) is 6.08 Å². The summed E-state index contributed by atoms with van der Waals surface area (Å²) in [5.41, 5.74) is 0. The molecule has 2 atom stereocenters. The van der Waals surface area contributed by atoms with Gasteiger partial charge in [0.1, 0.15) is 0 Å². The van der Waals surface area contributed by atoms with Crippen molar-refractivity contribution in [1.82, 2.24) is 5.32 Å². The summed E-state index contributed by atoms with van der Waals surface area (Å²) in [6.45, 7) is 4.20. The Morgan fingerprint density at radius 3 is 0.946 bits per heavy atom. The highest BCUT2D eigenvalue weighted by atomic mass is 16.3. The Hall–Kier alpha value is -3.21. The maximum absolute atomic E-state index is 12.5. The first-order valence-electron chi connectivity index (χ1n) is 31.7. The molecule has 0 radical (unpaired) electrons. The average Bonchev–Trinajstić information content (AvgIpc) is 3.40. The largest absolute Gasteiger partial charge is 0.394 e. The third kappa shape index (κ3) is 59.7. The van der Waals surface area contributed by atoms with Gasteiger partial charge >= 0.3 is 0 Å². The second kappa shape index (κ2) is 64.1. The predicted octanol–water partition coefficient (Wildman–Crippen LogP) is 21.6. The molecule has 2 unspecified atom stereocenters. The van der Waals surface area contributed by atoms with E-state index in [4.69, 9.17) is 0 Å². The molecule has 0 aliphatic rings. The van der Waals surface area contributed by atoms with Crippen LogP contribution in [-0.2, 0) is 4.79 Å². The number of allylic oxidation sites excluding steroid dienone is 19. The number of hydrogen-bond donors (Lipinski definition) is 3. The fraction of sp³-hybridized carbons (Fsp3) is 0.700. The van der Waals surface area contributed by atoms with Crippen LogP contribution in [0.25, 0.3) is 0 Å². The van der Waals surface area contributed by atoms with E-state index in [-0.39, 0.29) is 12.5 Å². The standard InChI is InChI=1S/C70H121NO3/c1-3-5-7-9-11-13-15-17-19-21-23-25-27-29-30-31-32-33-34-35-36-37-38-39-40-42-44-46-48-50-52-54-56-58-60-62-64-66-70(74)71-68(67-72)69(73)65-63-61-59-57-55-53-51-49-47-45-43-41-28-26-24-22-20-18-16-14-12-10-8-6-4-2/h5,7,11,13,17,19,23,25,29-30,32-33,35-36,38-39,55,57,63,65,68-69,72-73H,3-4,6,8-10,12,14-16,18,20-22,24,26-28,31,34,37,40-54,56,58-62,64,66-67H2,1-2H3,(H,71,74)/b7-5-,13-11-,19-17-,25-23-,30-29-,33-32-,36-35-,39-38-,57-55+,65-63+. The molecule has 0 aromatic rings. The smallest absolute Gasteiger partial charge is 0.220 e. The third-order valence-electron chi connectivity index (χ3n) is 13.9. The van der Waals surface area contributed by atoms with E-state index in [9.17, 15) is 15.0 Å². The monoisotopic (exact) mass is 1020 g/mol. The topological polar surface area (TPSA) is 69.6 Å². The van der Waals surface area contributed by atoms with Gasteiger partial charge in [-0.3, -0.25) is 4.79 Å². The van der Waals surface area contributed by atoms with Gasteiger partial charge in [-0.1, -0.05) is 315 Å². The summed E-state index contributed by atoms with van der Waals surface area (Å²) in [5, 5.41) is 23.2. The molecule has 0 saturated heterocycles. The van der Waals surface area contributed by atoms with Crippen molar-refractivity contribution in [2.24, 2.45) is 0 Å². The Bertz CT molecular complexity index is 1440. The predicted molar refractivity (Wildman–Crippen MR) is 331 cm³/mol. The Labute approximate surface area is 460 Å². The minimum Gasteiger partial charge on any atom is -0.394 e. The normalized spacial score (nSPS) is 13.6. The number of carbonyl (C=O) groups is 1. The van der Waals surface area contributed by atoms with Gasteiger partial charge in [-0.15, -0.1) is 0 Å². The van der Waals surface area contributed by atoms with Crippen LogP contribution in [0.1, 0.15) is 296 Å². The minimum absolute atomic E-state index is 0.0779. The van der Waals surface area contributed by atoms with Crippen LogP contribution in [0, 0.1) is 0 Å². The molecule has 0 aliphatic heterocycles. The Kier molecular flexibility index (Phi) is 61.3. The molecule has 0 aromatic heterocycles. The van der Waals surface area contributed by atoms with E-state index in [1.165, 1.54) is 193 Å². The van der Waals surface area contributed by atoms with Gasteiger partial charge in [-0.2, -0.15) is 0 Å². The van der Waals surface area contributed by atoms with Crippen molar-refractivity contribution in [1.29, 1.82) is 0 Å². The van der Waals surface area contributed by atoms with Crippen LogP contribution in [0.2, 0.25) is 0 Å². The highest BCUT2D eigenvalue weighted by Gasteiger charge is 2.18. The van der Waals surface area contributed by atoms with Gasteiger partial charge < -0.3 is 15.5 Å². The molecule has 0 heterocycles. The number of aliphatic hydroxyl groups excluding tert-OH is 2. The lowest BCUT2D eigenvalue weighted by molar-refractivity contribution is -0.123. The highest BCUT2D eigenvalue weighted by molar-refractivity contribution is 5.76. The first-order chi connectivity index (χ1) is 36.7. The summed E-state index contributed by atoms with van der Waals surface area (Å²) in [4.78, 5) is 12.5. The Balaban J connectivity index is 3.58. The Morgan fingerprint density at radius 2 is 0.608 bits per heavy atom. The van der Waals surface area contributed by atoms with Gasteiger partial charge in [0, 0.05) is 6.42 Å². The summed E-state index contributed by atoms with van der Waals surface area (Å²) in [7, 11) is 0. The fourth-order valence-electron chi connectivity index (χ4n) is 9.15. The van der Waals surface area contributed by atoms with Gasteiger partial charge in [-0.05, 0) is 96.3 Å². The molecule has 0 fully saturated rings. The number of amides is 1. The van der Waals surface area contributed by atoms with Gasteiger partial charge in [0.05, 0.1) is 18.8 Å². The molecule has 0 aromatic carbocycles. The molecule has 424 valence electrons. The van der Waals surface area contributed by atoms with E-state index in [2.05, 4.69) is 129 Å². The van der Waals surface area contributed by atoms with E-state index in [0.29, 0.717) is 6.42 Å². The van der Waals surface area contributed by atoms with Crippen molar-refractivity contribution >= 4 is 5.91 Å². The van der Waals surface area contributed by atoms with Crippen LogP contribution in [0.15, 0.2) is 122 Å². The van der Waals surface area contributed by atoms with Gasteiger partial charge in [0.15, 0.2) is 0 Å². The quantitative estimate of drug-likeness (QED) is 0.0420. The van der Waals surface area contributed by atoms with Crippen molar-refractivity contribution in [3.05, 3.63) is 122 Å². The first-order valence-corrected chi connectivity index (χ1v) is 31.7. The number of unbranched alkanes of at least 4 members (excludes halogenated alkanes) is 32. The van der Waals surface area contributed by atoms with Crippen LogP contribution in [0.3, 0.4) is 0 Å². The lowest BCUT2D eigenvalue weighted by Crippen LogP contribution is -2.45. The van der Waals surface area contributed by atoms with Crippen molar-refractivity contribution in [2.45, 2.75) is 309 Å². The number of nitrogens with one attached hydrogen (secondary N) is 1. The molecule has 74 heavy (non-hydrogen) atoms. The van der Waals surface area contributed by atoms with Crippen molar-refractivity contribution in [3.8, 4) is 0 Å². The molecule has 0 aliphatic carbocycles. The summed E-state index contributed by atoms with van der Waals surface area (Å²) in [6, 6.07) is -0.649. The molecule has 4 nitrogen and oxygen atoms in total. The molecular weight excluding hydrogens is 903 g/mol. The number of carbonyl (C=O) groups excluding carboxylic acids is 1. The van der Waals surface area contributed by atoms with Gasteiger partial charge in [0.2, 0.25) is 5.91 Å². The maximum Gasteiger partial charge on any atom is 0.220 e. The first kappa shape index (κ1) is 70.8. The summed E-state index contributed by atoms with van der Waals surface area (Å²) >= 11 is 0. The lowest BCUT2D eigenvalue weighted by atomic mass is 10.0. The van der Waals surface area contributed by atoms with Gasteiger partial charge in [0.25, 0.3) is 0 Å². The van der Waals surface area contributed by atoms with Crippen LogP contribution in [0.4, 0.5) is 0 Å². The zero-order chi connectivity index (χ0) is 53.4. The lowest BCUT2D eigenvalue weighted by Gasteiger charge is -2.19. The fourth-order valence-corrected chi connectivity index (χ4v) is 9.15. The molecule has 4 heteroatoms. The molecule has 3 N–H and O–H groups in total. The van der Waals surface area contributed by atoms with Crippen LogP contribution < -0.4 is 5.32 Å². The summed E-state index contributed by atoms with van der Waals surface area (Å²) < 4.78 is 0. The molecule has 0 saturated carbocycles. The van der Waals surface area contributed by atoms with Crippen molar-refractivity contribution in [3.63, 3.8) is 0 Å². The second-order valence-electron chi connectivity index (χ2n) is 21.1. The zero-order valence-corrected chi connectivity index (χ0v) is 48.8. The Morgan fingerprint density at radius 1 is 0.338 bits per heavy atom. The van der Waals surface area contributed by atoms with Gasteiger partial charge in [-0.25, -0.2) is 0 Å². The second-order valence-corrected chi connectivity index (χ2v) is 21.1. The maximum atomic E-state index is 12.5. The molecular formula is C70H121NO3. The number of hydrogen-bond acceptors (Lipinski definition) is 3. The van der Waals surface area contributed by atoms with Crippen LogP contribution in [-0.4, -0.2) is 34.9 Å². The van der Waals surface area contributed by atoms with Crippen molar-refractivity contribution in [2.75, 3.05) is 6.61 Å². The number of rotatable bonds is 57. The number of aliphatic hydroxyl groups is 2. The molecule has 0 bridgehead atoms. The van der Waals surface area contributed by atoms with E-state index in [0.717, 1.165) is 83.5 Å².